The van der Waals surface area contributed by atoms with Crippen LogP contribution in [0.2, 0.25) is 0 Å². The molecule has 14 heavy (non-hydrogen) atoms. The van der Waals surface area contributed by atoms with Gasteiger partial charge in [0, 0.05) is 0 Å². The van der Waals surface area contributed by atoms with E-state index in [1.165, 1.54) is 12.7 Å². The highest BCUT2D eigenvalue weighted by molar-refractivity contribution is 14.1. The van der Waals surface area contributed by atoms with Gasteiger partial charge < -0.3 is 0 Å². The predicted octanol–water partition coefficient (Wildman–Crippen LogP) is 0.637. The van der Waals surface area contributed by atoms with Crippen molar-refractivity contribution in [2.45, 2.75) is 6.92 Å². The Hall–Kier alpha value is -1.25. The van der Waals surface area contributed by atoms with Gasteiger partial charge >= 0.3 is 0 Å². The highest BCUT2D eigenvalue weighted by Crippen LogP contribution is 2.18. The number of aromatic nitrogens is 6. The first-order valence-electron chi connectivity index (χ1n) is 3.77. The summed E-state index contributed by atoms with van der Waals surface area (Å²) in [6.07, 6.45) is 2.79. The average molecular weight is 300 g/mol. The van der Waals surface area contributed by atoms with Crippen molar-refractivity contribution in [1.29, 1.82) is 0 Å². The van der Waals surface area contributed by atoms with E-state index < -0.39 is 0 Å². The summed E-state index contributed by atoms with van der Waals surface area (Å²) in [5.74, 6) is 0. The zero-order chi connectivity index (χ0) is 9.97. The van der Waals surface area contributed by atoms with Crippen LogP contribution in [0.1, 0.15) is 5.69 Å². The molecule has 70 valence electrons. The molecule has 0 amide bonds. The number of aryl methyl sites for hydroxylation is 1. The smallest absolute Gasteiger partial charge is 0.147 e. The van der Waals surface area contributed by atoms with Crippen molar-refractivity contribution in [2.75, 3.05) is 0 Å². The van der Waals surface area contributed by atoms with Crippen LogP contribution in [-0.2, 0) is 0 Å². The molecule has 0 spiro atoms. The largest absolute Gasteiger partial charge is 0.237 e. The molecule has 0 aliphatic carbocycles. The van der Waals surface area contributed by atoms with Crippen LogP contribution in [0.15, 0.2) is 12.7 Å². The molecule has 0 aliphatic rings. The van der Waals surface area contributed by atoms with Crippen molar-refractivity contribution < 1.29 is 0 Å². The van der Waals surface area contributed by atoms with E-state index in [1.54, 1.807) is 0 Å². The summed E-state index contributed by atoms with van der Waals surface area (Å²) >= 11 is 2.07. The third-order valence-electron chi connectivity index (χ3n) is 1.60. The van der Waals surface area contributed by atoms with E-state index in [1.807, 2.05) is 6.92 Å². The molecule has 2 aromatic rings. The summed E-state index contributed by atoms with van der Waals surface area (Å²) < 4.78 is 0.739. The molecule has 0 N–H and O–H groups in total. The van der Waals surface area contributed by atoms with Crippen LogP contribution in [0.4, 0.5) is 0 Å². The lowest BCUT2D eigenvalue weighted by Gasteiger charge is -2.01. The molecule has 0 radical (unpaired) electrons. The summed E-state index contributed by atoms with van der Waals surface area (Å²) in [6, 6.07) is 0. The second-order valence-corrected chi connectivity index (χ2v) is 3.52. The van der Waals surface area contributed by atoms with Crippen molar-refractivity contribution in [1.82, 2.24) is 30.4 Å². The zero-order valence-electron chi connectivity index (χ0n) is 7.22. The van der Waals surface area contributed by atoms with Crippen molar-refractivity contribution in [3.05, 3.63) is 22.0 Å². The van der Waals surface area contributed by atoms with Crippen LogP contribution in [0.3, 0.4) is 0 Å². The number of nitrogens with zero attached hydrogens (tertiary/aromatic N) is 6. The molecule has 2 heterocycles. The summed E-state index contributed by atoms with van der Waals surface area (Å²) in [5, 5.41) is 15.3. The van der Waals surface area contributed by atoms with Gasteiger partial charge in [-0.15, -0.1) is 20.4 Å². The third-order valence-corrected chi connectivity index (χ3v) is 2.39. The highest BCUT2D eigenvalue weighted by Gasteiger charge is 2.11. The van der Waals surface area contributed by atoms with E-state index in [9.17, 15) is 0 Å². The van der Waals surface area contributed by atoms with Gasteiger partial charge in [-0.1, -0.05) is 0 Å². The van der Waals surface area contributed by atoms with Gasteiger partial charge in [0.2, 0.25) is 0 Å². The Morgan fingerprint density at radius 1 is 1.00 bits per heavy atom. The molecular formula is C7H5IN6. The fourth-order valence-electron chi connectivity index (χ4n) is 0.956. The quantitative estimate of drug-likeness (QED) is 0.719. The van der Waals surface area contributed by atoms with Crippen LogP contribution < -0.4 is 0 Å². The Labute approximate surface area is 93.4 Å². The molecule has 2 aromatic heterocycles. The summed E-state index contributed by atoms with van der Waals surface area (Å²) in [7, 11) is 0. The summed E-state index contributed by atoms with van der Waals surface area (Å²) in [6.45, 7) is 1.84. The topological polar surface area (TPSA) is 77.3 Å². The molecule has 0 aliphatic heterocycles. The summed E-state index contributed by atoms with van der Waals surface area (Å²) in [4.78, 5) is 8.04. The minimum absolute atomic E-state index is 0.617. The molecule has 0 saturated carbocycles. The third kappa shape index (κ3) is 1.67. The van der Waals surface area contributed by atoms with Crippen LogP contribution in [0, 0.1) is 10.6 Å². The molecule has 6 nitrogen and oxygen atoms in total. The molecule has 0 atom stereocenters. The first kappa shape index (κ1) is 9.31. The van der Waals surface area contributed by atoms with Crippen molar-refractivity contribution in [3.8, 4) is 11.4 Å². The Bertz CT molecular complexity index is 416. The monoisotopic (exact) mass is 300 g/mol. The van der Waals surface area contributed by atoms with E-state index in [4.69, 9.17) is 0 Å². The molecule has 2 rings (SSSR count). The van der Waals surface area contributed by atoms with E-state index in [0.29, 0.717) is 11.4 Å². The van der Waals surface area contributed by atoms with E-state index in [2.05, 4.69) is 53.0 Å². The molecule has 0 aromatic carbocycles. The molecule has 0 fully saturated rings. The van der Waals surface area contributed by atoms with Gasteiger partial charge in [-0.25, -0.2) is 9.97 Å². The maximum Gasteiger partial charge on any atom is 0.147 e. The Morgan fingerprint density at radius 3 is 2.29 bits per heavy atom. The van der Waals surface area contributed by atoms with Crippen LogP contribution in [0.5, 0.6) is 0 Å². The van der Waals surface area contributed by atoms with Gasteiger partial charge in [-0.3, -0.25) is 0 Å². The normalized spacial score (nSPS) is 10.1. The van der Waals surface area contributed by atoms with Gasteiger partial charge in [0.1, 0.15) is 27.7 Å². The maximum absolute atomic E-state index is 4.02. The maximum atomic E-state index is 4.02. The molecule has 0 saturated heterocycles. The van der Waals surface area contributed by atoms with Gasteiger partial charge in [0.05, 0.1) is 5.69 Å². The number of rotatable bonds is 1. The number of hydrogen-bond acceptors (Lipinski definition) is 6. The molecule has 0 bridgehead atoms. The molecular weight excluding hydrogens is 295 g/mol. The predicted molar refractivity (Wildman–Crippen MR) is 56.1 cm³/mol. The fourth-order valence-corrected chi connectivity index (χ4v) is 1.44. The number of halogens is 1. The van der Waals surface area contributed by atoms with E-state index >= 15 is 0 Å². The zero-order valence-corrected chi connectivity index (χ0v) is 9.37. The Balaban J connectivity index is 2.61. The van der Waals surface area contributed by atoms with Crippen LogP contribution in [-0.4, -0.2) is 30.4 Å². The fraction of sp³-hybridized carbons (Fsp3) is 0.143. The van der Waals surface area contributed by atoms with Gasteiger partial charge in [-0.05, 0) is 29.5 Å². The van der Waals surface area contributed by atoms with Crippen molar-refractivity contribution in [3.63, 3.8) is 0 Å². The van der Waals surface area contributed by atoms with Crippen LogP contribution >= 0.6 is 22.6 Å². The first-order chi connectivity index (χ1) is 6.79. The lowest BCUT2D eigenvalue weighted by Crippen LogP contribution is -2.00. The lowest BCUT2D eigenvalue weighted by atomic mass is 10.3. The minimum Gasteiger partial charge on any atom is -0.237 e. The molecule has 0 unspecified atom stereocenters. The Morgan fingerprint density at radius 2 is 1.64 bits per heavy atom. The molecule has 7 heteroatoms. The number of hydrogen-bond donors (Lipinski definition) is 0. The van der Waals surface area contributed by atoms with E-state index in [-0.39, 0.29) is 0 Å². The van der Waals surface area contributed by atoms with Crippen molar-refractivity contribution >= 4 is 22.6 Å². The first-order valence-corrected chi connectivity index (χ1v) is 4.84. The second kappa shape index (κ2) is 3.86. The van der Waals surface area contributed by atoms with Crippen LogP contribution in [0.25, 0.3) is 11.4 Å². The summed E-state index contributed by atoms with van der Waals surface area (Å²) in [5.41, 5.74) is 2.00. The second-order valence-electron chi connectivity index (χ2n) is 2.49. The SMILES string of the molecule is Cc1ncnnc1-c1nncnc1I. The minimum atomic E-state index is 0.617. The average Bonchev–Trinajstić information content (AvgIpc) is 2.20. The van der Waals surface area contributed by atoms with Gasteiger partial charge in [0.15, 0.2) is 0 Å². The Kier molecular flexibility index (Phi) is 2.57. The van der Waals surface area contributed by atoms with Gasteiger partial charge in [-0.2, -0.15) is 0 Å². The highest BCUT2D eigenvalue weighted by atomic mass is 127. The van der Waals surface area contributed by atoms with Crippen molar-refractivity contribution in [2.24, 2.45) is 0 Å². The van der Waals surface area contributed by atoms with Gasteiger partial charge in [0.25, 0.3) is 0 Å². The van der Waals surface area contributed by atoms with E-state index in [0.717, 1.165) is 9.39 Å². The lowest BCUT2D eigenvalue weighted by molar-refractivity contribution is 0.904. The standard InChI is InChI=1S/C7H5IN6/c1-4-5(13-11-2-9-4)6-7(8)10-3-12-14-6/h2-3H,1H3.